The third kappa shape index (κ3) is 3.42. The van der Waals surface area contributed by atoms with Crippen LogP contribution in [0.3, 0.4) is 0 Å². The van der Waals surface area contributed by atoms with Crippen LogP contribution in [0.15, 0.2) is 84.9 Å². The van der Waals surface area contributed by atoms with Crippen molar-refractivity contribution in [3.8, 4) is 0 Å². The molecule has 0 N–H and O–H groups in total. The number of hydrogen-bond donors (Lipinski definition) is 0. The van der Waals surface area contributed by atoms with Gasteiger partial charge in [0.05, 0.1) is 11.1 Å². The molecule has 0 saturated heterocycles. The maximum atomic E-state index is 13.4. The molecule has 0 aliphatic heterocycles. The van der Waals surface area contributed by atoms with Crippen molar-refractivity contribution >= 4 is 11.9 Å². The second-order valence-corrected chi connectivity index (χ2v) is 10.5. The Bertz CT molecular complexity index is 1140. The zero-order valence-corrected chi connectivity index (χ0v) is 20.7. The fourth-order valence-corrected chi connectivity index (χ4v) is 6.55. The summed E-state index contributed by atoms with van der Waals surface area (Å²) in [5.74, 6) is -0.447. The Morgan fingerprint density at radius 2 is 0.971 bits per heavy atom. The summed E-state index contributed by atoms with van der Waals surface area (Å²) in [6.45, 7) is 8.71. The van der Waals surface area contributed by atoms with Crippen molar-refractivity contribution in [2.24, 2.45) is 11.8 Å². The summed E-state index contributed by atoms with van der Waals surface area (Å²) in [5.41, 5.74) is 2.51. The molecule has 35 heavy (non-hydrogen) atoms. The van der Waals surface area contributed by atoms with E-state index >= 15 is 0 Å². The highest BCUT2D eigenvalue weighted by atomic mass is 16.6. The number of benzene rings is 3. The van der Waals surface area contributed by atoms with E-state index in [1.807, 2.05) is 36.4 Å². The first-order chi connectivity index (χ1) is 16.8. The van der Waals surface area contributed by atoms with Gasteiger partial charge >= 0.3 is 11.9 Å². The summed E-state index contributed by atoms with van der Waals surface area (Å²) in [5, 5.41) is 0. The predicted molar refractivity (Wildman–Crippen MR) is 135 cm³/mol. The lowest BCUT2D eigenvalue weighted by molar-refractivity contribution is -0.0706. The van der Waals surface area contributed by atoms with Crippen molar-refractivity contribution in [1.29, 1.82) is 0 Å². The third-order valence-corrected chi connectivity index (χ3v) is 8.35. The molecule has 2 aliphatic carbocycles. The molecule has 4 atom stereocenters. The summed E-state index contributed by atoms with van der Waals surface area (Å²) in [7, 11) is 0. The highest BCUT2D eigenvalue weighted by Gasteiger charge is 2.73. The van der Waals surface area contributed by atoms with Crippen LogP contribution in [0.1, 0.15) is 66.0 Å². The Balaban J connectivity index is 1.65. The number of hydrogen-bond acceptors (Lipinski definition) is 4. The van der Waals surface area contributed by atoms with E-state index in [1.54, 1.807) is 24.3 Å². The van der Waals surface area contributed by atoms with Crippen LogP contribution < -0.4 is 0 Å². The molecule has 4 heteroatoms. The van der Waals surface area contributed by atoms with Gasteiger partial charge in [-0.25, -0.2) is 9.59 Å². The third-order valence-electron chi connectivity index (χ3n) is 8.35. The topological polar surface area (TPSA) is 52.6 Å². The number of carbonyl (C=O) groups is 2. The molecule has 0 amide bonds. The standard InChI is InChI=1S/C31H32O4/c1-20(2)30-19-31(21(3)4,25-18-12-11-17-24(25)30)27(35-29(33)23-15-9-6-10-16-23)26(30)34-28(32)22-13-7-5-8-14-22/h5-18,20-21,26-27H,19H2,1-4H3. The van der Waals surface area contributed by atoms with Crippen molar-refractivity contribution in [2.45, 2.75) is 57.2 Å². The molecule has 3 aromatic carbocycles. The van der Waals surface area contributed by atoms with Gasteiger partial charge in [-0.2, -0.15) is 0 Å². The second kappa shape index (κ2) is 8.67. The molecule has 4 unspecified atom stereocenters. The van der Waals surface area contributed by atoms with Crippen LogP contribution in [-0.2, 0) is 20.3 Å². The fraction of sp³-hybridized carbons (Fsp3) is 0.355. The summed E-state index contributed by atoms with van der Waals surface area (Å²) >= 11 is 0. The summed E-state index contributed by atoms with van der Waals surface area (Å²) < 4.78 is 12.7. The molecule has 180 valence electrons. The van der Waals surface area contributed by atoms with E-state index in [9.17, 15) is 9.59 Å². The van der Waals surface area contributed by atoms with Crippen LogP contribution in [0.4, 0.5) is 0 Å². The number of carbonyl (C=O) groups excluding carboxylic acids is 2. The molecule has 0 spiro atoms. The maximum absolute atomic E-state index is 13.4. The van der Waals surface area contributed by atoms with Crippen LogP contribution >= 0.6 is 0 Å². The van der Waals surface area contributed by atoms with Gasteiger partial charge in [-0.05, 0) is 53.6 Å². The number of esters is 2. The molecule has 2 aliphatic rings. The SMILES string of the molecule is CC(C)C12CC(C(C)C)(c3ccccc31)C(OC(=O)c1ccccc1)C2OC(=O)c1ccccc1. The van der Waals surface area contributed by atoms with Crippen molar-refractivity contribution in [3.05, 3.63) is 107 Å². The molecule has 1 saturated carbocycles. The quantitative estimate of drug-likeness (QED) is 0.396. The number of ether oxygens (including phenoxy) is 2. The first kappa shape index (κ1) is 23.3. The molecule has 5 rings (SSSR count). The Morgan fingerprint density at radius 1 is 0.629 bits per heavy atom. The molecule has 1 fully saturated rings. The summed E-state index contributed by atoms with van der Waals surface area (Å²) in [6, 6.07) is 26.5. The van der Waals surface area contributed by atoms with Crippen LogP contribution in [-0.4, -0.2) is 24.1 Å². The Morgan fingerprint density at radius 3 is 1.31 bits per heavy atom. The van der Waals surface area contributed by atoms with Crippen molar-refractivity contribution < 1.29 is 19.1 Å². The lowest BCUT2D eigenvalue weighted by Crippen LogP contribution is -2.54. The average molecular weight is 469 g/mol. The van der Waals surface area contributed by atoms with Gasteiger partial charge < -0.3 is 9.47 Å². The minimum Gasteiger partial charge on any atom is -0.454 e. The van der Waals surface area contributed by atoms with Gasteiger partial charge in [-0.1, -0.05) is 88.4 Å². The van der Waals surface area contributed by atoms with Crippen molar-refractivity contribution in [2.75, 3.05) is 0 Å². The molecule has 0 heterocycles. The summed E-state index contributed by atoms with van der Waals surface area (Å²) in [4.78, 5) is 26.7. The van der Waals surface area contributed by atoms with Crippen LogP contribution in [0.5, 0.6) is 0 Å². The first-order valence-corrected chi connectivity index (χ1v) is 12.4. The van der Waals surface area contributed by atoms with Gasteiger partial charge in [0.1, 0.15) is 12.2 Å². The lowest BCUT2D eigenvalue weighted by atomic mass is 9.66. The number of rotatable bonds is 6. The largest absolute Gasteiger partial charge is 0.454 e. The molecular formula is C31H32O4. The lowest BCUT2D eigenvalue weighted by Gasteiger charge is -2.45. The maximum Gasteiger partial charge on any atom is 0.338 e. The minimum absolute atomic E-state index is 0.165. The van der Waals surface area contributed by atoms with Gasteiger partial charge in [0.15, 0.2) is 0 Å². The van der Waals surface area contributed by atoms with E-state index in [1.165, 1.54) is 11.1 Å². The normalized spacial score (nSPS) is 26.6. The summed E-state index contributed by atoms with van der Waals surface area (Å²) in [6.07, 6.45) is -0.422. The van der Waals surface area contributed by atoms with Crippen LogP contribution in [0.25, 0.3) is 0 Å². The van der Waals surface area contributed by atoms with Gasteiger partial charge in [-0.15, -0.1) is 0 Å². The second-order valence-electron chi connectivity index (χ2n) is 10.5. The van der Waals surface area contributed by atoms with Crippen LogP contribution in [0, 0.1) is 11.8 Å². The van der Waals surface area contributed by atoms with Gasteiger partial charge in [0.25, 0.3) is 0 Å². The Labute approximate surface area is 207 Å². The molecule has 0 radical (unpaired) electrons. The monoisotopic (exact) mass is 468 g/mol. The predicted octanol–water partition coefficient (Wildman–Crippen LogP) is 6.34. The highest BCUT2D eigenvalue weighted by molar-refractivity contribution is 5.91. The molecule has 0 aromatic heterocycles. The van der Waals surface area contributed by atoms with E-state index in [0.29, 0.717) is 11.1 Å². The van der Waals surface area contributed by atoms with Crippen LogP contribution in [0.2, 0.25) is 0 Å². The highest BCUT2D eigenvalue weighted by Crippen LogP contribution is 2.67. The van der Waals surface area contributed by atoms with Gasteiger partial charge in [-0.3, -0.25) is 0 Å². The van der Waals surface area contributed by atoms with Gasteiger partial charge in [0, 0.05) is 10.8 Å². The van der Waals surface area contributed by atoms with Gasteiger partial charge in [0.2, 0.25) is 0 Å². The average Bonchev–Trinajstić information content (AvgIpc) is 3.35. The van der Waals surface area contributed by atoms with Crippen molar-refractivity contribution in [3.63, 3.8) is 0 Å². The van der Waals surface area contributed by atoms with E-state index in [4.69, 9.17) is 9.47 Å². The molecule has 4 nitrogen and oxygen atoms in total. The Hall–Kier alpha value is -3.40. The number of fused-ring (bicyclic) bond motifs is 5. The Kier molecular flexibility index (Phi) is 5.79. The van der Waals surface area contributed by atoms with E-state index in [0.717, 1.165) is 6.42 Å². The molecule has 2 bridgehead atoms. The molecular weight excluding hydrogens is 436 g/mol. The minimum atomic E-state index is -0.597. The smallest absolute Gasteiger partial charge is 0.338 e. The van der Waals surface area contributed by atoms with E-state index < -0.39 is 23.0 Å². The van der Waals surface area contributed by atoms with E-state index in [2.05, 4.69) is 52.0 Å². The molecule has 3 aromatic rings. The zero-order chi connectivity index (χ0) is 24.8. The zero-order valence-electron chi connectivity index (χ0n) is 20.7. The first-order valence-electron chi connectivity index (χ1n) is 12.4. The fourth-order valence-electron chi connectivity index (χ4n) is 6.55. The van der Waals surface area contributed by atoms with E-state index in [-0.39, 0.29) is 23.8 Å². The van der Waals surface area contributed by atoms with Crippen molar-refractivity contribution in [1.82, 2.24) is 0 Å².